The van der Waals surface area contributed by atoms with Crippen molar-refractivity contribution < 1.29 is 21.8 Å². The molecule has 1 saturated heterocycles. The third-order valence-corrected chi connectivity index (χ3v) is 11.9. The molecule has 4 atom stereocenters. The molecule has 2 fully saturated rings. The Morgan fingerprint density at radius 2 is 1.74 bits per heavy atom. The Balaban J connectivity index is 0.000000808. The van der Waals surface area contributed by atoms with Crippen LogP contribution in [0.25, 0.3) is 10.9 Å². The molecule has 1 aromatic rings. The van der Waals surface area contributed by atoms with Crippen LogP contribution >= 0.6 is 18.6 Å². The molecule has 4 rings (SSSR count). The molecular formula is C24H36Cl2N2OSiTi-2. The molecule has 0 N–H and O–H groups in total. The first-order chi connectivity index (χ1) is 14.4. The quantitative estimate of drug-likeness (QED) is 0.319. The summed E-state index contributed by atoms with van der Waals surface area (Å²) in [5.74, 6) is 3.06. The Morgan fingerprint density at radius 3 is 2.32 bits per heavy atom. The van der Waals surface area contributed by atoms with E-state index in [2.05, 4.69) is 72.4 Å². The molecule has 3 nitrogen and oxygen atoms in total. The molecular weight excluding hydrogens is 479 g/mol. The van der Waals surface area contributed by atoms with E-state index in [-0.39, 0.29) is 7.43 Å². The SMILES string of the molecule is COc1ccc(C2=CC=CC3C2CC(C)C3[Si](C)(C)N2CC[N-]CC2)cc1.[CH3-].[Cl][Ti][Cl]. The number of hydrogen-bond donors (Lipinski definition) is 0. The zero-order valence-electron chi connectivity index (χ0n) is 19.4. The first-order valence-corrected chi connectivity index (χ1v) is 18.1. The zero-order chi connectivity index (χ0) is 21.7. The van der Waals surface area contributed by atoms with Crippen molar-refractivity contribution in [2.45, 2.75) is 32.0 Å². The van der Waals surface area contributed by atoms with Crippen LogP contribution in [0.3, 0.4) is 0 Å². The van der Waals surface area contributed by atoms with Crippen LogP contribution in [-0.2, 0) is 17.0 Å². The van der Waals surface area contributed by atoms with Crippen molar-refractivity contribution in [3.05, 3.63) is 60.8 Å². The summed E-state index contributed by atoms with van der Waals surface area (Å²) in [6, 6.07) is 8.64. The summed E-state index contributed by atoms with van der Waals surface area (Å²) in [4.78, 5) is 0. The molecule has 1 saturated carbocycles. The third-order valence-electron chi connectivity index (χ3n) is 7.24. The molecule has 31 heavy (non-hydrogen) atoms. The van der Waals surface area contributed by atoms with Gasteiger partial charge in [0.1, 0.15) is 14.0 Å². The Kier molecular flexibility index (Phi) is 10.9. The standard InChI is InChI=1S/C23H33N2OSi.CH3.2ClH.Ti/c1-17-16-22-20(18-8-10-19(26-2)11-9-18)6-5-7-21(22)23(17)27(3,4)25-14-12-24-13-15-25;;;;/h5-11,17,21-23H,12-16H2,1-4H3;1H3;2*1H;/q2*-1;;;+2/p-2. The number of benzene rings is 1. The van der Waals surface area contributed by atoms with Crippen LogP contribution in [0.15, 0.2) is 42.5 Å². The molecule has 1 aliphatic heterocycles. The van der Waals surface area contributed by atoms with Gasteiger partial charge in [-0.2, -0.15) is 0 Å². The molecule has 0 spiro atoms. The van der Waals surface area contributed by atoms with Gasteiger partial charge in [-0.15, -0.1) is 13.1 Å². The predicted molar refractivity (Wildman–Crippen MR) is 135 cm³/mol. The van der Waals surface area contributed by atoms with Crippen molar-refractivity contribution in [2.75, 3.05) is 33.3 Å². The second-order valence-corrected chi connectivity index (χ2v) is 16.2. The number of halogens is 2. The zero-order valence-corrected chi connectivity index (χ0v) is 23.5. The molecule has 172 valence electrons. The molecule has 4 unspecified atom stereocenters. The van der Waals surface area contributed by atoms with Crippen LogP contribution in [0.1, 0.15) is 18.9 Å². The molecule has 3 aliphatic rings. The summed E-state index contributed by atoms with van der Waals surface area (Å²) in [6.07, 6.45) is 8.51. The Morgan fingerprint density at radius 1 is 1.13 bits per heavy atom. The van der Waals surface area contributed by atoms with E-state index >= 15 is 0 Å². The van der Waals surface area contributed by atoms with Crippen molar-refractivity contribution in [2.24, 2.45) is 17.8 Å². The van der Waals surface area contributed by atoms with E-state index in [0.29, 0.717) is 11.8 Å². The van der Waals surface area contributed by atoms with Crippen LogP contribution in [0.5, 0.6) is 5.75 Å². The average Bonchev–Trinajstić information content (AvgIpc) is 3.11. The minimum absolute atomic E-state index is 0. The molecule has 0 bridgehead atoms. The molecule has 0 radical (unpaired) electrons. The number of nitrogens with zero attached hydrogens (tertiary/aromatic N) is 2. The van der Waals surface area contributed by atoms with Gasteiger partial charge in [0.25, 0.3) is 0 Å². The van der Waals surface area contributed by atoms with Gasteiger partial charge < -0.3 is 22.0 Å². The van der Waals surface area contributed by atoms with Gasteiger partial charge in [0, 0.05) is 0 Å². The Bertz CT molecular complexity index is 750. The topological polar surface area (TPSA) is 26.6 Å². The maximum absolute atomic E-state index is 5.35. The van der Waals surface area contributed by atoms with E-state index in [1.165, 1.54) is 30.6 Å². The summed E-state index contributed by atoms with van der Waals surface area (Å²) in [7, 11) is 10.0. The fourth-order valence-electron chi connectivity index (χ4n) is 5.99. The second-order valence-electron chi connectivity index (χ2n) is 9.04. The normalized spacial score (nSPS) is 27.9. The number of fused-ring (bicyclic) bond motifs is 1. The van der Waals surface area contributed by atoms with E-state index in [1.54, 1.807) is 7.11 Å². The van der Waals surface area contributed by atoms with Crippen molar-refractivity contribution in [3.63, 3.8) is 0 Å². The van der Waals surface area contributed by atoms with Crippen molar-refractivity contribution in [3.8, 4) is 5.75 Å². The van der Waals surface area contributed by atoms with Crippen LogP contribution in [0.4, 0.5) is 0 Å². The van der Waals surface area contributed by atoms with Gasteiger partial charge in [-0.25, -0.2) is 0 Å². The van der Waals surface area contributed by atoms with Crippen LogP contribution < -0.4 is 4.74 Å². The van der Waals surface area contributed by atoms with Gasteiger partial charge in [0.2, 0.25) is 0 Å². The molecule has 1 aromatic carbocycles. The number of hydrogen-bond acceptors (Lipinski definition) is 2. The predicted octanol–water partition coefficient (Wildman–Crippen LogP) is 7.01. The molecule has 0 aromatic heterocycles. The van der Waals surface area contributed by atoms with E-state index in [0.717, 1.165) is 30.3 Å². The van der Waals surface area contributed by atoms with E-state index < -0.39 is 25.3 Å². The average molecular weight is 515 g/mol. The minimum atomic E-state index is -1.51. The second kappa shape index (κ2) is 12.4. The summed E-state index contributed by atoms with van der Waals surface area (Å²) in [5.41, 5.74) is 3.70. The Hall–Kier alpha value is -0.0688. The molecule has 1 heterocycles. The van der Waals surface area contributed by atoms with Gasteiger partial charge in [-0.3, -0.25) is 0 Å². The first kappa shape index (κ1) is 27.2. The molecule has 7 heteroatoms. The monoisotopic (exact) mass is 514 g/mol. The third kappa shape index (κ3) is 6.09. The van der Waals surface area contributed by atoms with Crippen LogP contribution in [0, 0.1) is 25.2 Å². The maximum atomic E-state index is 5.35. The van der Waals surface area contributed by atoms with Gasteiger partial charge >= 0.3 is 35.6 Å². The van der Waals surface area contributed by atoms with E-state index in [4.69, 9.17) is 23.3 Å². The van der Waals surface area contributed by atoms with E-state index in [1.807, 2.05) is 0 Å². The summed E-state index contributed by atoms with van der Waals surface area (Å²) < 4.78 is 8.18. The van der Waals surface area contributed by atoms with E-state index in [9.17, 15) is 0 Å². The number of ether oxygens (including phenoxy) is 1. The fraction of sp³-hybridized carbons (Fsp3) is 0.542. The molecule has 0 amide bonds. The van der Waals surface area contributed by atoms with Crippen molar-refractivity contribution >= 4 is 32.4 Å². The summed E-state index contributed by atoms with van der Waals surface area (Å²) in [5, 5.41) is 4.58. The Labute approximate surface area is 207 Å². The summed E-state index contributed by atoms with van der Waals surface area (Å²) in [6.45, 7) is 12.1. The molecule has 2 aliphatic carbocycles. The summed E-state index contributed by atoms with van der Waals surface area (Å²) >= 11 is -0.556. The first-order valence-electron chi connectivity index (χ1n) is 10.8. The van der Waals surface area contributed by atoms with Gasteiger partial charge in [0.15, 0.2) is 0 Å². The fourth-order valence-corrected chi connectivity index (χ4v) is 10.6. The van der Waals surface area contributed by atoms with Gasteiger partial charge in [-0.1, -0.05) is 50.4 Å². The van der Waals surface area contributed by atoms with Crippen LogP contribution in [0.2, 0.25) is 18.6 Å². The van der Waals surface area contributed by atoms with Crippen molar-refractivity contribution in [1.29, 1.82) is 0 Å². The van der Waals surface area contributed by atoms with Crippen molar-refractivity contribution in [1.82, 2.24) is 4.57 Å². The number of methoxy groups -OCH3 is 1. The van der Waals surface area contributed by atoms with Gasteiger partial charge in [-0.05, 0) is 66.1 Å². The van der Waals surface area contributed by atoms with Gasteiger partial charge in [0.05, 0.1) is 7.11 Å². The number of rotatable bonds is 4. The van der Waals surface area contributed by atoms with Crippen LogP contribution in [-0.4, -0.2) is 46.1 Å². The number of piperazine rings is 1. The number of allylic oxidation sites excluding steroid dienone is 4.